The summed E-state index contributed by atoms with van der Waals surface area (Å²) in [4.78, 5) is 45.5. The summed E-state index contributed by atoms with van der Waals surface area (Å²) >= 11 is 0. The minimum Gasteiger partial charge on any atom is -0.481 e. The molecular weight excluding hydrogens is 282 g/mol. The van der Waals surface area contributed by atoms with E-state index in [4.69, 9.17) is 10.2 Å². The van der Waals surface area contributed by atoms with Gasteiger partial charge in [-0.2, -0.15) is 0 Å². The Morgan fingerprint density at radius 3 is 2.14 bits per heavy atom. The summed E-state index contributed by atoms with van der Waals surface area (Å²) in [6.45, 7) is 4.04. The van der Waals surface area contributed by atoms with Crippen LogP contribution in [-0.4, -0.2) is 65.2 Å². The molecule has 0 radical (unpaired) electrons. The lowest BCUT2D eigenvalue weighted by Crippen LogP contribution is -2.49. The molecule has 0 saturated heterocycles. The Morgan fingerprint density at radius 2 is 1.71 bits per heavy atom. The van der Waals surface area contributed by atoms with Gasteiger partial charge in [-0.05, 0) is 5.92 Å². The Labute approximate surface area is 122 Å². The molecule has 0 aromatic heterocycles. The van der Waals surface area contributed by atoms with Crippen LogP contribution in [0.25, 0.3) is 0 Å². The first-order chi connectivity index (χ1) is 9.63. The number of likely N-dealkylation sites (N-methyl/N-ethyl adjacent to an activating group) is 1. The van der Waals surface area contributed by atoms with Gasteiger partial charge in [0.25, 0.3) is 0 Å². The fraction of sp³-hybridized carbons (Fsp3) is 0.667. The molecule has 0 bridgehead atoms. The van der Waals surface area contributed by atoms with Crippen LogP contribution in [0.4, 0.5) is 4.79 Å². The van der Waals surface area contributed by atoms with Gasteiger partial charge in [-0.25, -0.2) is 9.59 Å². The molecule has 0 aliphatic heterocycles. The van der Waals surface area contributed by atoms with Crippen molar-refractivity contribution in [2.75, 3.05) is 20.1 Å². The number of carbonyl (C=O) groups excluding carboxylic acids is 2. The Balaban J connectivity index is 4.39. The summed E-state index contributed by atoms with van der Waals surface area (Å²) in [5.74, 6) is -2.92. The number of carbonyl (C=O) groups is 4. The van der Waals surface area contributed by atoms with Crippen molar-refractivity contribution in [1.82, 2.24) is 15.5 Å². The highest BCUT2D eigenvalue weighted by molar-refractivity contribution is 5.88. The van der Waals surface area contributed by atoms with Crippen LogP contribution >= 0.6 is 0 Å². The monoisotopic (exact) mass is 303 g/mol. The lowest BCUT2D eigenvalue weighted by atomic mass is 10.2. The van der Waals surface area contributed by atoms with Crippen LogP contribution in [0.15, 0.2) is 0 Å². The van der Waals surface area contributed by atoms with Crippen molar-refractivity contribution >= 4 is 23.9 Å². The van der Waals surface area contributed by atoms with Crippen LogP contribution in [0, 0.1) is 5.92 Å². The molecule has 0 aliphatic rings. The van der Waals surface area contributed by atoms with E-state index < -0.39 is 30.4 Å². The molecule has 21 heavy (non-hydrogen) atoms. The molecule has 0 fully saturated rings. The Morgan fingerprint density at radius 1 is 1.14 bits per heavy atom. The number of aliphatic carboxylic acids is 2. The number of rotatable bonds is 8. The maximum atomic E-state index is 11.7. The second kappa shape index (κ2) is 8.77. The van der Waals surface area contributed by atoms with Crippen LogP contribution in [-0.2, 0) is 14.4 Å². The number of amides is 3. The summed E-state index contributed by atoms with van der Waals surface area (Å²) in [6.07, 6.45) is -0.742. The van der Waals surface area contributed by atoms with E-state index >= 15 is 0 Å². The maximum absolute atomic E-state index is 11.7. The van der Waals surface area contributed by atoms with E-state index in [2.05, 4.69) is 5.32 Å². The van der Waals surface area contributed by atoms with E-state index in [0.717, 1.165) is 4.90 Å². The maximum Gasteiger partial charge on any atom is 0.326 e. The zero-order chi connectivity index (χ0) is 16.6. The third kappa shape index (κ3) is 8.45. The van der Waals surface area contributed by atoms with E-state index in [-0.39, 0.29) is 18.4 Å². The molecule has 4 N–H and O–H groups in total. The molecule has 3 amide bonds. The minimum atomic E-state index is -1.55. The van der Waals surface area contributed by atoms with Gasteiger partial charge in [0.05, 0.1) is 6.42 Å². The van der Waals surface area contributed by atoms with Gasteiger partial charge < -0.3 is 25.7 Å². The van der Waals surface area contributed by atoms with Crippen molar-refractivity contribution in [2.45, 2.75) is 26.3 Å². The SMILES string of the molecule is CC(C)CNC(=O)CN(C)C(=O)N[C@H](CC(=O)O)C(=O)O. The predicted octanol–water partition coefficient (Wildman–Crippen LogP) is -0.672. The first-order valence-corrected chi connectivity index (χ1v) is 6.36. The first kappa shape index (κ1) is 18.7. The van der Waals surface area contributed by atoms with Crippen LogP contribution in [0.3, 0.4) is 0 Å². The topological polar surface area (TPSA) is 136 Å². The van der Waals surface area contributed by atoms with Gasteiger partial charge in [-0.1, -0.05) is 13.8 Å². The number of hydrogen-bond donors (Lipinski definition) is 4. The molecule has 0 heterocycles. The molecule has 0 unspecified atom stereocenters. The standard InChI is InChI=1S/C12H21N3O6/c1-7(2)5-13-9(16)6-15(3)12(21)14-8(11(19)20)4-10(17)18/h7-8H,4-6H2,1-3H3,(H,13,16)(H,14,21)(H,17,18)(H,19,20)/t8-/m1/s1. The molecule has 9 nitrogen and oxygen atoms in total. The van der Waals surface area contributed by atoms with Crippen molar-refractivity contribution in [1.29, 1.82) is 0 Å². The average Bonchev–Trinajstić information content (AvgIpc) is 2.34. The van der Waals surface area contributed by atoms with Gasteiger partial charge in [-0.3, -0.25) is 9.59 Å². The zero-order valence-corrected chi connectivity index (χ0v) is 12.3. The van der Waals surface area contributed by atoms with Crippen molar-refractivity contribution < 1.29 is 29.4 Å². The van der Waals surface area contributed by atoms with Crippen LogP contribution in [0.1, 0.15) is 20.3 Å². The van der Waals surface area contributed by atoms with E-state index in [0.29, 0.717) is 6.54 Å². The molecule has 120 valence electrons. The highest BCUT2D eigenvalue weighted by atomic mass is 16.4. The van der Waals surface area contributed by atoms with Gasteiger partial charge in [0, 0.05) is 13.6 Å². The Kier molecular flexibility index (Phi) is 7.80. The summed E-state index contributed by atoms with van der Waals surface area (Å²) in [7, 11) is 1.31. The van der Waals surface area contributed by atoms with Crippen LogP contribution in [0.2, 0.25) is 0 Å². The van der Waals surface area contributed by atoms with Crippen molar-refractivity contribution in [3.63, 3.8) is 0 Å². The molecule has 0 rings (SSSR count). The number of carboxylic acids is 2. The summed E-state index contributed by atoms with van der Waals surface area (Å²) in [5.41, 5.74) is 0. The molecule has 0 aromatic rings. The average molecular weight is 303 g/mol. The molecule has 9 heteroatoms. The smallest absolute Gasteiger partial charge is 0.326 e. The molecule has 1 atom stereocenters. The van der Waals surface area contributed by atoms with Crippen molar-refractivity contribution in [2.24, 2.45) is 5.92 Å². The summed E-state index contributed by atoms with van der Waals surface area (Å²) in [6, 6.07) is -2.38. The van der Waals surface area contributed by atoms with Crippen LogP contribution < -0.4 is 10.6 Å². The minimum absolute atomic E-state index is 0.252. The van der Waals surface area contributed by atoms with E-state index in [1.807, 2.05) is 19.2 Å². The van der Waals surface area contributed by atoms with E-state index in [9.17, 15) is 19.2 Å². The number of nitrogens with one attached hydrogen (secondary N) is 2. The lowest BCUT2D eigenvalue weighted by Gasteiger charge is -2.20. The normalized spacial score (nSPS) is 11.6. The van der Waals surface area contributed by atoms with Crippen LogP contribution in [0.5, 0.6) is 0 Å². The third-order valence-electron chi connectivity index (χ3n) is 2.41. The number of nitrogens with zero attached hydrogens (tertiary/aromatic N) is 1. The molecule has 0 aliphatic carbocycles. The fourth-order valence-electron chi connectivity index (χ4n) is 1.30. The predicted molar refractivity (Wildman–Crippen MR) is 72.7 cm³/mol. The largest absolute Gasteiger partial charge is 0.481 e. The van der Waals surface area contributed by atoms with Gasteiger partial charge in [0.1, 0.15) is 12.6 Å². The number of urea groups is 1. The van der Waals surface area contributed by atoms with Gasteiger partial charge >= 0.3 is 18.0 Å². The molecule has 0 spiro atoms. The quantitative estimate of drug-likeness (QED) is 0.469. The number of hydrogen-bond acceptors (Lipinski definition) is 4. The fourth-order valence-corrected chi connectivity index (χ4v) is 1.30. The van der Waals surface area contributed by atoms with E-state index in [1.165, 1.54) is 7.05 Å². The number of carboxylic acid groups (broad SMARTS) is 2. The van der Waals surface area contributed by atoms with Crippen molar-refractivity contribution in [3.8, 4) is 0 Å². The van der Waals surface area contributed by atoms with E-state index in [1.54, 1.807) is 0 Å². The second-order valence-electron chi connectivity index (χ2n) is 4.99. The first-order valence-electron chi connectivity index (χ1n) is 6.36. The Hall–Kier alpha value is -2.32. The second-order valence-corrected chi connectivity index (χ2v) is 4.99. The van der Waals surface area contributed by atoms with Gasteiger partial charge in [0.15, 0.2) is 0 Å². The van der Waals surface area contributed by atoms with Gasteiger partial charge in [-0.15, -0.1) is 0 Å². The summed E-state index contributed by atoms with van der Waals surface area (Å²) in [5, 5.41) is 22.0. The molecule has 0 saturated carbocycles. The third-order valence-corrected chi connectivity index (χ3v) is 2.41. The lowest BCUT2D eigenvalue weighted by molar-refractivity contribution is -0.145. The molecule has 0 aromatic carbocycles. The van der Waals surface area contributed by atoms with Gasteiger partial charge in [0.2, 0.25) is 5.91 Å². The highest BCUT2D eigenvalue weighted by Gasteiger charge is 2.25. The Bertz CT molecular complexity index is 410. The van der Waals surface area contributed by atoms with Crippen molar-refractivity contribution in [3.05, 3.63) is 0 Å². The summed E-state index contributed by atoms with van der Waals surface area (Å²) < 4.78 is 0. The molecular formula is C12H21N3O6. The zero-order valence-electron chi connectivity index (χ0n) is 12.3. The highest BCUT2D eigenvalue weighted by Crippen LogP contribution is 1.95.